The molecule has 1 aromatic carbocycles. The summed E-state index contributed by atoms with van der Waals surface area (Å²) >= 11 is 0. The van der Waals surface area contributed by atoms with Crippen molar-refractivity contribution in [3.63, 3.8) is 0 Å². The molecule has 0 unspecified atom stereocenters. The zero-order valence-corrected chi connectivity index (χ0v) is 14.2. The summed E-state index contributed by atoms with van der Waals surface area (Å²) in [6, 6.07) is 14.8. The fourth-order valence-electron chi connectivity index (χ4n) is 1.91. The smallest absolute Gasteiger partial charge is 0.168 e. The Morgan fingerprint density at radius 2 is 1.65 bits per heavy atom. The lowest BCUT2D eigenvalue weighted by Crippen LogP contribution is -3.00. The Labute approximate surface area is 138 Å². The molecule has 3 heteroatoms. The molecule has 0 aliphatic heterocycles. The fraction of sp³-hybridized carbons (Fsp3) is 0.235. The minimum Gasteiger partial charge on any atom is -1.00 e. The van der Waals surface area contributed by atoms with Crippen LogP contribution >= 0.6 is 0 Å². The zero-order valence-electron chi connectivity index (χ0n) is 12.0. The zero-order chi connectivity index (χ0) is 13.5. The maximum absolute atomic E-state index is 2.23. The molecular formula is C17H21IN2. The van der Waals surface area contributed by atoms with E-state index in [4.69, 9.17) is 0 Å². The first-order valence-electron chi connectivity index (χ1n) is 6.64. The fourth-order valence-corrected chi connectivity index (χ4v) is 1.91. The third-order valence-electron chi connectivity index (χ3n) is 3.05. The number of benzene rings is 1. The van der Waals surface area contributed by atoms with Gasteiger partial charge in [0.05, 0.1) is 0 Å². The predicted molar refractivity (Wildman–Crippen MR) is 81.1 cm³/mol. The number of aromatic nitrogens is 1. The Morgan fingerprint density at radius 1 is 1.00 bits per heavy atom. The van der Waals surface area contributed by atoms with Gasteiger partial charge in [0.1, 0.15) is 0 Å². The van der Waals surface area contributed by atoms with Gasteiger partial charge >= 0.3 is 0 Å². The molecule has 0 saturated heterocycles. The number of anilines is 1. The van der Waals surface area contributed by atoms with Crippen LogP contribution in [-0.4, -0.2) is 14.1 Å². The SMILES string of the molecule is CN(C)c1ccc(C=CCC[n+]2ccccc2)cc1.[I-]. The summed E-state index contributed by atoms with van der Waals surface area (Å²) in [6.07, 6.45) is 9.65. The summed E-state index contributed by atoms with van der Waals surface area (Å²) in [5.41, 5.74) is 2.49. The van der Waals surface area contributed by atoms with Crippen molar-refractivity contribution in [1.82, 2.24) is 0 Å². The maximum atomic E-state index is 2.23. The average Bonchev–Trinajstić information content (AvgIpc) is 2.45. The first-order valence-corrected chi connectivity index (χ1v) is 6.64. The third-order valence-corrected chi connectivity index (χ3v) is 3.05. The molecule has 0 amide bonds. The molecule has 0 aliphatic carbocycles. The maximum Gasteiger partial charge on any atom is 0.168 e. The summed E-state index contributed by atoms with van der Waals surface area (Å²) in [4.78, 5) is 2.11. The van der Waals surface area contributed by atoms with Gasteiger partial charge in [-0.15, -0.1) is 0 Å². The van der Waals surface area contributed by atoms with E-state index in [1.54, 1.807) is 0 Å². The number of aryl methyl sites for hydroxylation is 1. The van der Waals surface area contributed by atoms with Crippen LogP contribution in [-0.2, 0) is 6.54 Å². The summed E-state index contributed by atoms with van der Waals surface area (Å²) in [5.74, 6) is 0. The first-order chi connectivity index (χ1) is 9.25. The van der Waals surface area contributed by atoms with Crippen molar-refractivity contribution in [2.24, 2.45) is 0 Å². The lowest BCUT2D eigenvalue weighted by Gasteiger charge is -2.11. The van der Waals surface area contributed by atoms with Crippen LogP contribution in [0.25, 0.3) is 6.08 Å². The van der Waals surface area contributed by atoms with Gasteiger partial charge in [0.2, 0.25) is 0 Å². The van der Waals surface area contributed by atoms with Gasteiger partial charge in [-0.2, -0.15) is 0 Å². The van der Waals surface area contributed by atoms with Crippen molar-refractivity contribution in [2.75, 3.05) is 19.0 Å². The molecule has 0 N–H and O–H groups in total. The molecule has 2 rings (SSSR count). The second kappa shape index (κ2) is 8.74. The number of halogens is 1. The molecule has 2 nitrogen and oxygen atoms in total. The van der Waals surface area contributed by atoms with Gasteiger partial charge in [0.25, 0.3) is 0 Å². The molecule has 0 fully saturated rings. The van der Waals surface area contributed by atoms with Crippen LogP contribution in [0.4, 0.5) is 5.69 Å². The summed E-state index contributed by atoms with van der Waals surface area (Å²) < 4.78 is 2.19. The highest BCUT2D eigenvalue weighted by atomic mass is 127. The van der Waals surface area contributed by atoms with Gasteiger partial charge in [-0.25, -0.2) is 4.57 Å². The van der Waals surface area contributed by atoms with E-state index in [0.29, 0.717) is 0 Å². The highest BCUT2D eigenvalue weighted by molar-refractivity contribution is 5.55. The van der Waals surface area contributed by atoms with Crippen molar-refractivity contribution >= 4 is 11.8 Å². The molecule has 0 saturated carbocycles. The normalized spacial score (nSPS) is 10.3. The molecule has 0 atom stereocenters. The average molecular weight is 380 g/mol. The Balaban J connectivity index is 0.00000200. The number of pyridine rings is 1. The van der Waals surface area contributed by atoms with Crippen LogP contribution in [0.3, 0.4) is 0 Å². The standard InChI is InChI=1S/C17H21N2.HI/c1-18(2)17-11-9-16(10-12-17)8-4-7-15-19-13-5-3-6-14-19;/h3-6,8-14H,7,15H2,1-2H3;1H/q+1;/p-1. The molecule has 2 aromatic rings. The lowest BCUT2D eigenvalue weighted by molar-refractivity contribution is -0.696. The number of hydrogen-bond acceptors (Lipinski definition) is 1. The van der Waals surface area contributed by atoms with Gasteiger partial charge in [-0.3, -0.25) is 0 Å². The van der Waals surface area contributed by atoms with E-state index in [-0.39, 0.29) is 24.0 Å². The molecule has 1 heterocycles. The second-order valence-electron chi connectivity index (χ2n) is 4.79. The van der Waals surface area contributed by atoms with Crippen LogP contribution in [0.5, 0.6) is 0 Å². The van der Waals surface area contributed by atoms with Crippen molar-refractivity contribution < 1.29 is 28.5 Å². The summed E-state index contributed by atoms with van der Waals surface area (Å²) in [5, 5.41) is 0. The quantitative estimate of drug-likeness (QED) is 0.529. The number of allylic oxidation sites excluding steroid dienone is 1. The van der Waals surface area contributed by atoms with E-state index >= 15 is 0 Å². The van der Waals surface area contributed by atoms with Gasteiger partial charge in [0, 0.05) is 38.3 Å². The molecule has 106 valence electrons. The van der Waals surface area contributed by atoms with Crippen LogP contribution in [0, 0.1) is 0 Å². The minimum atomic E-state index is 0. The number of hydrogen-bond donors (Lipinski definition) is 0. The van der Waals surface area contributed by atoms with E-state index in [1.807, 2.05) is 6.07 Å². The van der Waals surface area contributed by atoms with E-state index in [2.05, 4.69) is 84.5 Å². The Hall–Kier alpha value is -1.36. The largest absolute Gasteiger partial charge is 1.00 e. The monoisotopic (exact) mass is 380 g/mol. The number of rotatable bonds is 5. The third kappa shape index (κ3) is 5.33. The highest BCUT2D eigenvalue weighted by Crippen LogP contribution is 2.13. The van der Waals surface area contributed by atoms with Crippen LogP contribution in [0.2, 0.25) is 0 Å². The molecule has 0 aliphatic rings. The molecule has 20 heavy (non-hydrogen) atoms. The minimum absolute atomic E-state index is 0. The van der Waals surface area contributed by atoms with Gasteiger partial charge in [-0.05, 0) is 17.7 Å². The van der Waals surface area contributed by atoms with E-state index in [1.165, 1.54) is 11.3 Å². The van der Waals surface area contributed by atoms with E-state index in [0.717, 1.165) is 13.0 Å². The van der Waals surface area contributed by atoms with Gasteiger partial charge in [0.15, 0.2) is 18.9 Å². The van der Waals surface area contributed by atoms with Crippen LogP contribution < -0.4 is 33.4 Å². The molecule has 0 radical (unpaired) electrons. The van der Waals surface area contributed by atoms with Crippen molar-refractivity contribution in [3.8, 4) is 0 Å². The van der Waals surface area contributed by atoms with Crippen LogP contribution in [0.15, 0.2) is 60.9 Å². The molecule has 0 spiro atoms. The highest BCUT2D eigenvalue weighted by Gasteiger charge is 1.95. The van der Waals surface area contributed by atoms with Gasteiger partial charge in [-0.1, -0.05) is 30.4 Å². The molecule has 1 aromatic heterocycles. The predicted octanol–water partition coefficient (Wildman–Crippen LogP) is 0.148. The number of nitrogens with zero attached hydrogens (tertiary/aromatic N) is 2. The Morgan fingerprint density at radius 3 is 2.25 bits per heavy atom. The first kappa shape index (κ1) is 16.7. The van der Waals surface area contributed by atoms with Crippen molar-refractivity contribution in [1.29, 1.82) is 0 Å². The Kier molecular flexibility index (Phi) is 7.30. The summed E-state index contributed by atoms with van der Waals surface area (Å²) in [7, 11) is 4.11. The van der Waals surface area contributed by atoms with E-state index in [9.17, 15) is 0 Å². The second-order valence-corrected chi connectivity index (χ2v) is 4.79. The Bertz CT molecular complexity index is 518. The van der Waals surface area contributed by atoms with E-state index < -0.39 is 0 Å². The molecule has 0 bridgehead atoms. The summed E-state index contributed by atoms with van der Waals surface area (Å²) in [6.45, 7) is 1.02. The van der Waals surface area contributed by atoms with Crippen LogP contribution in [0.1, 0.15) is 12.0 Å². The lowest BCUT2D eigenvalue weighted by atomic mass is 10.2. The van der Waals surface area contributed by atoms with Gasteiger partial charge < -0.3 is 28.9 Å². The molecular weight excluding hydrogens is 359 g/mol. The van der Waals surface area contributed by atoms with Crippen molar-refractivity contribution in [2.45, 2.75) is 13.0 Å². The topological polar surface area (TPSA) is 7.12 Å². The van der Waals surface area contributed by atoms with Crippen molar-refractivity contribution in [3.05, 3.63) is 66.5 Å².